The van der Waals surface area contributed by atoms with Gasteiger partial charge >= 0.3 is 0 Å². The van der Waals surface area contributed by atoms with Gasteiger partial charge in [0.2, 0.25) is 0 Å². The van der Waals surface area contributed by atoms with Crippen LogP contribution in [0.4, 0.5) is 13.2 Å². The average molecular weight is 493 g/mol. The van der Waals surface area contributed by atoms with Crippen LogP contribution < -0.4 is 4.74 Å². The number of methoxy groups -OCH3 is 1. The van der Waals surface area contributed by atoms with E-state index in [1.165, 1.54) is 31.6 Å². The van der Waals surface area contributed by atoms with Crippen LogP contribution in [0.1, 0.15) is 68.6 Å². The first-order valence-corrected chi connectivity index (χ1v) is 13.1. The molecule has 0 amide bonds. The molecule has 1 aliphatic carbocycles. The molecule has 0 N–H and O–H groups in total. The summed E-state index contributed by atoms with van der Waals surface area (Å²) in [6.45, 7) is 2.18. The van der Waals surface area contributed by atoms with Gasteiger partial charge in [-0.05, 0) is 85.3 Å². The van der Waals surface area contributed by atoms with Crippen molar-refractivity contribution in [2.24, 2.45) is 5.92 Å². The molecular weight excluding hydrogens is 457 g/mol. The van der Waals surface area contributed by atoms with E-state index in [-0.39, 0.29) is 5.82 Å². The van der Waals surface area contributed by atoms with Crippen LogP contribution in [0.15, 0.2) is 60.7 Å². The molecule has 0 radical (unpaired) electrons. The second-order valence-corrected chi connectivity index (χ2v) is 9.81. The minimum Gasteiger partial charge on any atom is -0.497 e. The fourth-order valence-electron chi connectivity index (χ4n) is 5.07. The highest BCUT2D eigenvalue weighted by Gasteiger charge is 2.20. The van der Waals surface area contributed by atoms with Gasteiger partial charge in [0.1, 0.15) is 11.6 Å². The predicted octanol–water partition coefficient (Wildman–Crippen LogP) is 9.33. The summed E-state index contributed by atoms with van der Waals surface area (Å²) in [5.41, 5.74) is 4.28. The monoisotopic (exact) mass is 492 g/mol. The van der Waals surface area contributed by atoms with Crippen molar-refractivity contribution >= 4 is 5.57 Å². The van der Waals surface area contributed by atoms with Gasteiger partial charge in [-0.25, -0.2) is 13.2 Å². The molecule has 0 fully saturated rings. The van der Waals surface area contributed by atoms with Crippen LogP contribution in [-0.2, 0) is 12.8 Å². The summed E-state index contributed by atoms with van der Waals surface area (Å²) in [5, 5.41) is 0. The number of unbranched alkanes of at least 4 members (excludes halogenated alkanes) is 2. The van der Waals surface area contributed by atoms with E-state index in [0.717, 1.165) is 44.1 Å². The number of hydrogen-bond donors (Lipinski definition) is 0. The summed E-state index contributed by atoms with van der Waals surface area (Å²) in [5.74, 6) is -0.913. The maximum atomic E-state index is 15.0. The Labute approximate surface area is 213 Å². The Morgan fingerprint density at radius 3 is 2.31 bits per heavy atom. The predicted molar refractivity (Wildman–Crippen MR) is 142 cm³/mol. The van der Waals surface area contributed by atoms with Gasteiger partial charge in [0.05, 0.1) is 7.11 Å². The summed E-state index contributed by atoms with van der Waals surface area (Å²) in [6, 6.07) is 16.2. The number of benzene rings is 3. The first kappa shape index (κ1) is 26.1. The van der Waals surface area contributed by atoms with E-state index in [0.29, 0.717) is 40.3 Å². The van der Waals surface area contributed by atoms with Crippen LogP contribution in [0, 0.1) is 23.4 Å². The third-order valence-corrected chi connectivity index (χ3v) is 7.36. The number of allylic oxidation sites excluding steroid dienone is 2. The third-order valence-electron chi connectivity index (χ3n) is 7.36. The zero-order chi connectivity index (χ0) is 25.5. The number of rotatable bonds is 10. The molecule has 1 aliphatic rings. The van der Waals surface area contributed by atoms with E-state index in [4.69, 9.17) is 4.74 Å². The molecule has 4 rings (SSSR count). The fraction of sp³-hybridized carbons (Fsp3) is 0.375. The van der Waals surface area contributed by atoms with Gasteiger partial charge in [0.15, 0.2) is 11.6 Å². The van der Waals surface area contributed by atoms with Gasteiger partial charge in [0, 0.05) is 17.2 Å². The highest BCUT2D eigenvalue weighted by molar-refractivity contribution is 5.67. The zero-order valence-electron chi connectivity index (χ0n) is 21.3. The molecule has 1 unspecified atom stereocenters. The van der Waals surface area contributed by atoms with Crippen LogP contribution in [0.5, 0.6) is 5.75 Å². The van der Waals surface area contributed by atoms with Crippen molar-refractivity contribution in [3.05, 3.63) is 94.8 Å². The van der Waals surface area contributed by atoms with E-state index in [9.17, 15) is 13.2 Å². The lowest BCUT2D eigenvalue weighted by molar-refractivity contribution is 0.411. The van der Waals surface area contributed by atoms with Crippen molar-refractivity contribution in [1.29, 1.82) is 0 Å². The largest absolute Gasteiger partial charge is 0.497 e. The van der Waals surface area contributed by atoms with E-state index in [1.54, 1.807) is 24.3 Å². The van der Waals surface area contributed by atoms with Crippen molar-refractivity contribution in [2.45, 2.75) is 64.7 Å². The second-order valence-electron chi connectivity index (χ2n) is 9.81. The Kier molecular flexibility index (Phi) is 8.90. The van der Waals surface area contributed by atoms with Gasteiger partial charge in [-0.1, -0.05) is 62.2 Å². The minimum atomic E-state index is -0.771. The maximum Gasteiger partial charge on any atom is 0.166 e. The molecule has 3 aromatic carbocycles. The summed E-state index contributed by atoms with van der Waals surface area (Å²) >= 11 is 0. The van der Waals surface area contributed by atoms with Crippen LogP contribution in [0.3, 0.4) is 0 Å². The van der Waals surface area contributed by atoms with Crippen molar-refractivity contribution in [1.82, 2.24) is 0 Å². The van der Waals surface area contributed by atoms with Crippen LogP contribution in [0.2, 0.25) is 0 Å². The molecule has 0 aliphatic heterocycles. The molecule has 0 saturated carbocycles. The lowest BCUT2D eigenvalue weighted by Gasteiger charge is -2.22. The zero-order valence-corrected chi connectivity index (χ0v) is 21.3. The molecule has 190 valence electrons. The molecular formula is C32H35F3O. The number of ether oxygens (including phenoxy) is 1. The molecule has 4 heteroatoms. The number of aryl methyl sites for hydroxylation is 2. The summed E-state index contributed by atoms with van der Waals surface area (Å²) < 4.78 is 49.4. The topological polar surface area (TPSA) is 9.23 Å². The van der Waals surface area contributed by atoms with Gasteiger partial charge < -0.3 is 4.74 Å². The highest BCUT2D eigenvalue weighted by atomic mass is 19.2. The molecule has 1 atom stereocenters. The molecule has 1 nitrogen and oxygen atoms in total. The first-order valence-electron chi connectivity index (χ1n) is 13.1. The van der Waals surface area contributed by atoms with E-state index < -0.39 is 11.6 Å². The number of halogens is 3. The number of hydrogen-bond acceptors (Lipinski definition) is 1. The van der Waals surface area contributed by atoms with E-state index >= 15 is 0 Å². The molecule has 3 aromatic rings. The smallest absolute Gasteiger partial charge is 0.166 e. The van der Waals surface area contributed by atoms with E-state index in [2.05, 4.69) is 13.0 Å². The van der Waals surface area contributed by atoms with Gasteiger partial charge in [-0.3, -0.25) is 0 Å². The van der Waals surface area contributed by atoms with Gasteiger partial charge in [0.25, 0.3) is 0 Å². The quantitative estimate of drug-likeness (QED) is 0.256. The fourth-order valence-corrected chi connectivity index (χ4v) is 5.07. The summed E-state index contributed by atoms with van der Waals surface area (Å²) in [4.78, 5) is 0. The van der Waals surface area contributed by atoms with Crippen LogP contribution in [0.25, 0.3) is 16.7 Å². The Hall–Kier alpha value is -3.01. The summed E-state index contributed by atoms with van der Waals surface area (Å²) in [7, 11) is 1.52. The minimum absolute atomic E-state index is 0.275. The molecule has 0 heterocycles. The van der Waals surface area contributed by atoms with Gasteiger partial charge in [-0.2, -0.15) is 0 Å². The third kappa shape index (κ3) is 6.21. The Morgan fingerprint density at radius 2 is 1.64 bits per heavy atom. The van der Waals surface area contributed by atoms with Crippen LogP contribution >= 0.6 is 0 Å². The highest BCUT2D eigenvalue weighted by Crippen LogP contribution is 2.35. The van der Waals surface area contributed by atoms with Gasteiger partial charge in [-0.15, -0.1) is 0 Å². The standard InChI is InChI=1S/C32H35F3O/c1-3-4-5-6-22-7-14-25(15-8-22)29-19-17-26(31(34)32(29)35)16-11-23-9-12-24(13-10-23)28-20-18-27(36-2)21-30(28)33/h7-8,12,14-15,17-21,23H,3-6,9-11,13,16H2,1-2H3. The average Bonchev–Trinajstić information content (AvgIpc) is 2.90. The Balaban J connectivity index is 1.36. The Bertz CT molecular complexity index is 1200. The lowest BCUT2D eigenvalue weighted by atomic mass is 9.83. The molecule has 0 spiro atoms. The lowest BCUT2D eigenvalue weighted by Crippen LogP contribution is -2.08. The molecule has 36 heavy (non-hydrogen) atoms. The van der Waals surface area contributed by atoms with Crippen LogP contribution in [-0.4, -0.2) is 7.11 Å². The van der Waals surface area contributed by atoms with Crippen molar-refractivity contribution < 1.29 is 17.9 Å². The normalized spacial score (nSPS) is 15.6. The molecule has 0 aromatic heterocycles. The Morgan fingerprint density at radius 1 is 0.861 bits per heavy atom. The molecule has 0 saturated heterocycles. The molecule has 0 bridgehead atoms. The van der Waals surface area contributed by atoms with E-state index in [1.807, 2.05) is 24.3 Å². The summed E-state index contributed by atoms with van der Waals surface area (Å²) in [6.07, 6.45) is 10.4. The van der Waals surface area contributed by atoms with Crippen molar-refractivity contribution in [3.63, 3.8) is 0 Å². The SMILES string of the molecule is CCCCCc1ccc(-c2ccc(CCC3CC=C(c4ccc(OC)cc4F)CC3)c(F)c2F)cc1. The van der Waals surface area contributed by atoms with Crippen molar-refractivity contribution in [2.75, 3.05) is 7.11 Å². The maximum absolute atomic E-state index is 15.0. The second kappa shape index (κ2) is 12.3. The van der Waals surface area contributed by atoms with Crippen molar-refractivity contribution in [3.8, 4) is 16.9 Å². The first-order chi connectivity index (χ1) is 17.5.